The first kappa shape index (κ1) is 22.3. The highest BCUT2D eigenvalue weighted by molar-refractivity contribution is 5.85. The number of carbonyl (C=O) groups is 1. The van der Waals surface area contributed by atoms with Crippen molar-refractivity contribution in [3.63, 3.8) is 0 Å². The second-order valence-electron chi connectivity index (χ2n) is 6.37. The Hall–Kier alpha value is -1.79. The molecule has 0 saturated heterocycles. The zero-order valence-corrected chi connectivity index (χ0v) is 16.5. The van der Waals surface area contributed by atoms with Crippen LogP contribution in [-0.4, -0.2) is 27.2 Å². The third-order valence-electron chi connectivity index (χ3n) is 4.43. The standard InChI is InChI=1S/C18H25N5O.2ClH/c19-15-9-7-14(8-10-15)13-18(24)20-11-4-6-17-22-21-16-5-2-1-3-12-23(16)17;;/h7-10H,1-6,11-13,19H2,(H,20,24);2*1H. The highest BCUT2D eigenvalue weighted by Gasteiger charge is 2.14. The summed E-state index contributed by atoms with van der Waals surface area (Å²) >= 11 is 0. The minimum atomic E-state index is 0. The number of hydrogen-bond acceptors (Lipinski definition) is 4. The van der Waals surface area contributed by atoms with E-state index in [1.54, 1.807) is 0 Å². The number of aryl methyl sites for hydroxylation is 2. The third kappa shape index (κ3) is 6.18. The van der Waals surface area contributed by atoms with Gasteiger partial charge in [0.1, 0.15) is 11.6 Å². The Morgan fingerprint density at radius 2 is 1.88 bits per heavy atom. The van der Waals surface area contributed by atoms with Crippen molar-refractivity contribution in [1.29, 1.82) is 0 Å². The molecule has 3 N–H and O–H groups in total. The van der Waals surface area contributed by atoms with Gasteiger partial charge in [-0.05, 0) is 37.0 Å². The van der Waals surface area contributed by atoms with Crippen LogP contribution in [0.1, 0.15) is 42.9 Å². The minimum Gasteiger partial charge on any atom is -0.399 e. The molecule has 1 aliphatic rings. The molecule has 1 amide bonds. The fourth-order valence-electron chi connectivity index (χ4n) is 3.09. The molecule has 0 spiro atoms. The van der Waals surface area contributed by atoms with E-state index >= 15 is 0 Å². The first-order valence-corrected chi connectivity index (χ1v) is 8.74. The molecule has 0 radical (unpaired) electrons. The fraction of sp³-hybridized carbons (Fsp3) is 0.500. The second-order valence-corrected chi connectivity index (χ2v) is 6.37. The van der Waals surface area contributed by atoms with Crippen molar-refractivity contribution >= 4 is 36.4 Å². The Morgan fingerprint density at radius 1 is 1.12 bits per heavy atom. The number of carbonyl (C=O) groups excluding carboxylic acids is 1. The number of nitrogens with zero attached hydrogens (tertiary/aromatic N) is 3. The van der Waals surface area contributed by atoms with E-state index in [0.717, 1.165) is 43.0 Å². The van der Waals surface area contributed by atoms with Crippen LogP contribution in [0.15, 0.2) is 24.3 Å². The van der Waals surface area contributed by atoms with Gasteiger partial charge in [-0.3, -0.25) is 4.79 Å². The lowest BCUT2D eigenvalue weighted by atomic mass is 10.1. The van der Waals surface area contributed by atoms with E-state index in [1.807, 2.05) is 24.3 Å². The van der Waals surface area contributed by atoms with Gasteiger partial charge in [0.15, 0.2) is 0 Å². The lowest BCUT2D eigenvalue weighted by molar-refractivity contribution is -0.120. The number of aromatic nitrogens is 3. The molecule has 1 aromatic carbocycles. The lowest BCUT2D eigenvalue weighted by Crippen LogP contribution is -2.26. The summed E-state index contributed by atoms with van der Waals surface area (Å²) in [5.41, 5.74) is 7.34. The molecule has 1 aliphatic heterocycles. The van der Waals surface area contributed by atoms with E-state index < -0.39 is 0 Å². The van der Waals surface area contributed by atoms with Gasteiger partial charge >= 0.3 is 0 Å². The highest BCUT2D eigenvalue weighted by Crippen LogP contribution is 2.15. The summed E-state index contributed by atoms with van der Waals surface area (Å²) < 4.78 is 2.27. The molecule has 0 aliphatic carbocycles. The smallest absolute Gasteiger partial charge is 0.224 e. The predicted molar refractivity (Wildman–Crippen MR) is 108 cm³/mol. The van der Waals surface area contributed by atoms with E-state index in [2.05, 4.69) is 20.1 Å². The van der Waals surface area contributed by atoms with Crippen LogP contribution in [0.2, 0.25) is 0 Å². The van der Waals surface area contributed by atoms with Gasteiger partial charge in [-0.15, -0.1) is 35.0 Å². The Bertz CT molecular complexity index is 687. The molecule has 0 unspecified atom stereocenters. The Labute approximate surface area is 166 Å². The zero-order valence-electron chi connectivity index (χ0n) is 14.8. The van der Waals surface area contributed by atoms with Gasteiger partial charge in [0.25, 0.3) is 0 Å². The highest BCUT2D eigenvalue weighted by atomic mass is 35.5. The van der Waals surface area contributed by atoms with Gasteiger partial charge in [0.2, 0.25) is 5.91 Å². The van der Waals surface area contributed by atoms with E-state index in [9.17, 15) is 4.79 Å². The van der Waals surface area contributed by atoms with E-state index in [4.69, 9.17) is 5.73 Å². The molecule has 8 heteroatoms. The quantitative estimate of drug-likeness (QED) is 0.577. The molecule has 0 bridgehead atoms. The minimum absolute atomic E-state index is 0. The number of nitrogen functional groups attached to an aromatic ring is 1. The number of nitrogens with one attached hydrogen (secondary N) is 1. The summed E-state index contributed by atoms with van der Waals surface area (Å²) in [5.74, 6) is 2.22. The molecule has 6 nitrogen and oxygen atoms in total. The number of rotatable bonds is 6. The lowest BCUT2D eigenvalue weighted by Gasteiger charge is -2.08. The van der Waals surface area contributed by atoms with Crippen LogP contribution in [0.5, 0.6) is 0 Å². The van der Waals surface area contributed by atoms with Gasteiger partial charge in [0.05, 0.1) is 6.42 Å². The topological polar surface area (TPSA) is 85.8 Å². The fourth-order valence-corrected chi connectivity index (χ4v) is 3.09. The number of halogens is 2. The van der Waals surface area contributed by atoms with Crippen molar-refractivity contribution in [3.05, 3.63) is 41.5 Å². The molecular weight excluding hydrogens is 373 g/mol. The summed E-state index contributed by atoms with van der Waals surface area (Å²) in [5, 5.41) is 11.6. The van der Waals surface area contributed by atoms with Crippen LogP contribution in [0.3, 0.4) is 0 Å². The van der Waals surface area contributed by atoms with Crippen molar-refractivity contribution in [2.75, 3.05) is 12.3 Å². The van der Waals surface area contributed by atoms with Crippen molar-refractivity contribution in [3.8, 4) is 0 Å². The summed E-state index contributed by atoms with van der Waals surface area (Å²) in [7, 11) is 0. The summed E-state index contributed by atoms with van der Waals surface area (Å²) in [6.45, 7) is 1.69. The van der Waals surface area contributed by atoms with Crippen molar-refractivity contribution in [1.82, 2.24) is 20.1 Å². The SMILES string of the molecule is Cl.Cl.Nc1ccc(CC(=O)NCCCc2nnc3n2CCCCC3)cc1. The number of nitrogens with two attached hydrogens (primary N) is 1. The van der Waals surface area contributed by atoms with Gasteiger partial charge in [-0.2, -0.15) is 0 Å². The van der Waals surface area contributed by atoms with E-state index in [-0.39, 0.29) is 30.7 Å². The molecule has 3 rings (SSSR count). The van der Waals surface area contributed by atoms with Crippen LogP contribution in [0.4, 0.5) is 5.69 Å². The van der Waals surface area contributed by atoms with Gasteiger partial charge in [-0.25, -0.2) is 0 Å². The third-order valence-corrected chi connectivity index (χ3v) is 4.43. The van der Waals surface area contributed by atoms with Crippen LogP contribution in [-0.2, 0) is 30.6 Å². The van der Waals surface area contributed by atoms with Gasteiger partial charge < -0.3 is 15.6 Å². The summed E-state index contributed by atoms with van der Waals surface area (Å²) in [6.07, 6.45) is 6.84. The molecular formula is C18H27Cl2N5O. The largest absolute Gasteiger partial charge is 0.399 e. The van der Waals surface area contributed by atoms with Crippen LogP contribution in [0, 0.1) is 0 Å². The van der Waals surface area contributed by atoms with Crippen molar-refractivity contribution in [2.24, 2.45) is 0 Å². The molecule has 1 aromatic heterocycles. The van der Waals surface area contributed by atoms with Crippen LogP contribution in [0.25, 0.3) is 0 Å². The zero-order chi connectivity index (χ0) is 16.8. The number of fused-ring (bicyclic) bond motifs is 1. The summed E-state index contributed by atoms with van der Waals surface area (Å²) in [4.78, 5) is 12.0. The second kappa shape index (κ2) is 11.0. The van der Waals surface area contributed by atoms with E-state index in [1.165, 1.54) is 19.3 Å². The molecule has 0 saturated carbocycles. The van der Waals surface area contributed by atoms with Crippen LogP contribution >= 0.6 is 24.8 Å². The normalized spacial score (nSPS) is 12.9. The first-order valence-electron chi connectivity index (χ1n) is 8.74. The maximum atomic E-state index is 12.0. The average Bonchev–Trinajstić information content (AvgIpc) is 2.80. The van der Waals surface area contributed by atoms with E-state index in [0.29, 0.717) is 18.7 Å². The van der Waals surface area contributed by atoms with Crippen LogP contribution < -0.4 is 11.1 Å². The number of hydrogen-bond donors (Lipinski definition) is 2. The predicted octanol–water partition coefficient (Wildman–Crippen LogP) is 2.72. The van der Waals surface area contributed by atoms with Crippen molar-refractivity contribution in [2.45, 2.75) is 51.5 Å². The molecule has 0 atom stereocenters. The average molecular weight is 400 g/mol. The number of benzene rings is 1. The monoisotopic (exact) mass is 399 g/mol. The Morgan fingerprint density at radius 3 is 2.65 bits per heavy atom. The molecule has 144 valence electrons. The molecule has 0 fully saturated rings. The Balaban J connectivity index is 0.00000169. The first-order chi connectivity index (χ1) is 11.7. The molecule has 2 aromatic rings. The number of amides is 1. The van der Waals surface area contributed by atoms with Gasteiger partial charge in [-0.1, -0.05) is 18.6 Å². The molecule has 26 heavy (non-hydrogen) atoms. The van der Waals surface area contributed by atoms with Crippen molar-refractivity contribution < 1.29 is 4.79 Å². The number of anilines is 1. The molecule has 2 heterocycles. The maximum Gasteiger partial charge on any atom is 0.224 e. The maximum absolute atomic E-state index is 12.0. The Kier molecular flexibility index (Phi) is 9.44. The van der Waals surface area contributed by atoms with Gasteiger partial charge in [0, 0.05) is 31.6 Å². The summed E-state index contributed by atoms with van der Waals surface area (Å²) in [6, 6.07) is 7.42.